The quantitative estimate of drug-likeness (QED) is 0.316. The Morgan fingerprint density at radius 1 is 0.969 bits per heavy atom. The van der Waals surface area contributed by atoms with E-state index < -0.39 is 0 Å². The van der Waals surface area contributed by atoms with Crippen molar-refractivity contribution < 1.29 is 13.9 Å². The van der Waals surface area contributed by atoms with Gasteiger partial charge in [0.1, 0.15) is 22.1 Å². The number of rotatable bonds is 8. The predicted molar refractivity (Wildman–Crippen MR) is 126 cm³/mol. The highest BCUT2D eigenvalue weighted by Crippen LogP contribution is 2.35. The van der Waals surface area contributed by atoms with E-state index in [0.717, 1.165) is 22.9 Å². The van der Waals surface area contributed by atoms with Gasteiger partial charge >= 0.3 is 0 Å². The molecule has 0 aliphatic carbocycles. The van der Waals surface area contributed by atoms with Crippen molar-refractivity contribution in [3.63, 3.8) is 0 Å². The molecular weight excluding hydrogens is 420 g/mol. The Balaban J connectivity index is 1.55. The average molecular weight is 443 g/mol. The van der Waals surface area contributed by atoms with E-state index in [1.807, 2.05) is 66.7 Å². The number of nitrogens with zero attached hydrogens (tertiary/aromatic N) is 2. The zero-order valence-corrected chi connectivity index (χ0v) is 18.3. The van der Waals surface area contributed by atoms with Crippen molar-refractivity contribution in [1.29, 1.82) is 0 Å². The lowest BCUT2D eigenvalue weighted by Crippen LogP contribution is -2.21. The number of hydrogen-bond donors (Lipinski definition) is 0. The maximum absolute atomic E-state index is 13.4. The highest BCUT2D eigenvalue weighted by molar-refractivity contribution is 7.18. The molecule has 32 heavy (non-hydrogen) atoms. The summed E-state index contributed by atoms with van der Waals surface area (Å²) in [5, 5.41) is 0.760. The van der Waals surface area contributed by atoms with Gasteiger partial charge in [0, 0.05) is 18.5 Å². The smallest absolute Gasteiger partial charge is 0.205 e. The molecule has 0 bridgehead atoms. The summed E-state index contributed by atoms with van der Waals surface area (Å²) >= 11 is 1.40. The van der Waals surface area contributed by atoms with Gasteiger partial charge in [-0.25, -0.2) is 4.98 Å². The number of anilines is 1. The first-order valence-corrected chi connectivity index (χ1v) is 11.3. The number of aromatic nitrogens is 1. The Morgan fingerprint density at radius 3 is 2.44 bits per heavy atom. The van der Waals surface area contributed by atoms with Crippen molar-refractivity contribution in [3.8, 4) is 0 Å². The number of furan rings is 1. The minimum Gasteiger partial charge on any atom is -0.491 e. The van der Waals surface area contributed by atoms with Crippen LogP contribution in [0.1, 0.15) is 38.7 Å². The number of thiazole rings is 1. The molecule has 0 fully saturated rings. The van der Waals surface area contributed by atoms with Crippen molar-refractivity contribution in [2.45, 2.75) is 19.5 Å². The van der Waals surface area contributed by atoms with Crippen molar-refractivity contribution in [2.24, 2.45) is 0 Å². The fourth-order valence-corrected chi connectivity index (χ4v) is 4.69. The molecule has 0 saturated heterocycles. The number of hydrogen-bond acceptors (Lipinski definition) is 6. The van der Waals surface area contributed by atoms with E-state index in [9.17, 15) is 4.79 Å². The van der Waals surface area contributed by atoms with Crippen molar-refractivity contribution in [3.05, 3.63) is 113 Å². The summed E-state index contributed by atoms with van der Waals surface area (Å²) in [7, 11) is 0. The van der Waals surface area contributed by atoms with Gasteiger partial charge in [0.25, 0.3) is 0 Å². The third-order valence-electron chi connectivity index (χ3n) is 5.21. The number of benzene rings is 2. The molecule has 0 unspecified atom stereocenters. The third-order valence-corrected chi connectivity index (χ3v) is 6.33. The van der Waals surface area contributed by atoms with E-state index in [-0.39, 0.29) is 5.78 Å². The minimum absolute atomic E-state index is 0.0431. The second kappa shape index (κ2) is 9.24. The van der Waals surface area contributed by atoms with Crippen LogP contribution in [-0.2, 0) is 17.8 Å². The normalized spacial score (nSPS) is 12.9. The van der Waals surface area contributed by atoms with Gasteiger partial charge in [-0.1, -0.05) is 72.0 Å². The standard InChI is InChI=1S/C26H22N2O3S/c29-24(20-11-5-2-6-12-20)25-23(22-14-8-16-31-22)27-26(32-25)28(18-21-13-7-15-30-21)17-19-9-3-1-4-10-19/h1-7,9-15H,8,16-18H2. The Morgan fingerprint density at radius 2 is 1.75 bits per heavy atom. The van der Waals surface area contributed by atoms with E-state index in [1.54, 1.807) is 6.26 Å². The largest absolute Gasteiger partial charge is 0.491 e. The lowest BCUT2D eigenvalue weighted by molar-refractivity contribution is 0.104. The van der Waals surface area contributed by atoms with Gasteiger partial charge in [0.15, 0.2) is 5.13 Å². The summed E-state index contributed by atoms with van der Waals surface area (Å²) < 4.78 is 11.4. The molecule has 5 nitrogen and oxygen atoms in total. The Bertz CT molecular complexity index is 1210. The van der Waals surface area contributed by atoms with Crippen LogP contribution in [0.3, 0.4) is 0 Å². The van der Waals surface area contributed by atoms with Crippen LogP contribution in [0.2, 0.25) is 0 Å². The Kier molecular flexibility index (Phi) is 5.85. The summed E-state index contributed by atoms with van der Waals surface area (Å²) in [5.74, 6) is 1.48. The molecule has 0 saturated carbocycles. The van der Waals surface area contributed by atoms with Crippen LogP contribution in [0.4, 0.5) is 5.13 Å². The number of carbonyl (C=O) groups excluding carboxylic acids is 1. The highest BCUT2D eigenvalue weighted by Gasteiger charge is 2.27. The second-order valence-corrected chi connectivity index (χ2v) is 8.47. The summed E-state index contributed by atoms with van der Waals surface area (Å²) in [6.07, 6.45) is 4.50. The summed E-state index contributed by atoms with van der Waals surface area (Å²) in [6.45, 7) is 1.81. The maximum atomic E-state index is 13.4. The van der Waals surface area contributed by atoms with Crippen molar-refractivity contribution in [2.75, 3.05) is 11.5 Å². The van der Waals surface area contributed by atoms with Crippen LogP contribution in [0.15, 0.2) is 89.6 Å². The van der Waals surface area contributed by atoms with Crippen LogP contribution < -0.4 is 4.90 Å². The molecule has 0 radical (unpaired) electrons. The fourth-order valence-electron chi connectivity index (χ4n) is 3.65. The molecule has 3 heterocycles. The SMILES string of the molecule is O=C(c1ccccc1)c1sc(N(Cc2ccccc2)Cc2ccco2)nc1C1=CCCO1. The van der Waals surface area contributed by atoms with Gasteiger partial charge in [-0.05, 0) is 23.8 Å². The van der Waals surface area contributed by atoms with E-state index in [1.165, 1.54) is 11.3 Å². The van der Waals surface area contributed by atoms with Gasteiger partial charge in [-0.3, -0.25) is 4.79 Å². The van der Waals surface area contributed by atoms with Gasteiger partial charge < -0.3 is 14.1 Å². The summed E-state index contributed by atoms with van der Waals surface area (Å²) in [6, 6.07) is 23.4. The van der Waals surface area contributed by atoms with Gasteiger partial charge in [0.2, 0.25) is 5.78 Å². The zero-order valence-electron chi connectivity index (χ0n) is 17.4. The van der Waals surface area contributed by atoms with Crippen LogP contribution >= 0.6 is 11.3 Å². The first-order valence-electron chi connectivity index (χ1n) is 10.5. The van der Waals surface area contributed by atoms with Crippen LogP contribution in [0, 0.1) is 0 Å². The molecule has 1 aliphatic rings. The molecule has 160 valence electrons. The van der Waals surface area contributed by atoms with Gasteiger partial charge in [0.05, 0.1) is 19.4 Å². The molecule has 4 aromatic rings. The topological polar surface area (TPSA) is 55.6 Å². The van der Waals surface area contributed by atoms with Gasteiger partial charge in [-0.15, -0.1) is 0 Å². The molecule has 0 atom stereocenters. The average Bonchev–Trinajstić information content (AvgIpc) is 3.61. The Hall–Kier alpha value is -3.64. The first kappa shape index (κ1) is 20.3. The molecule has 2 aromatic carbocycles. The zero-order chi connectivity index (χ0) is 21.8. The summed E-state index contributed by atoms with van der Waals surface area (Å²) in [5.41, 5.74) is 2.42. The predicted octanol–water partition coefficient (Wildman–Crippen LogP) is 5.94. The van der Waals surface area contributed by atoms with Crippen molar-refractivity contribution in [1.82, 2.24) is 4.98 Å². The third kappa shape index (κ3) is 4.36. The van der Waals surface area contributed by atoms with Gasteiger partial charge in [-0.2, -0.15) is 0 Å². The van der Waals surface area contributed by atoms with E-state index >= 15 is 0 Å². The first-order chi connectivity index (χ1) is 15.8. The monoisotopic (exact) mass is 442 g/mol. The van der Waals surface area contributed by atoms with E-state index in [4.69, 9.17) is 14.1 Å². The van der Waals surface area contributed by atoms with Crippen LogP contribution in [0.25, 0.3) is 5.76 Å². The summed E-state index contributed by atoms with van der Waals surface area (Å²) in [4.78, 5) is 21.0. The maximum Gasteiger partial charge on any atom is 0.205 e. The lowest BCUT2D eigenvalue weighted by atomic mass is 10.1. The van der Waals surface area contributed by atoms with Crippen LogP contribution in [-0.4, -0.2) is 17.4 Å². The Labute approximate surface area is 190 Å². The molecule has 5 rings (SSSR count). The highest BCUT2D eigenvalue weighted by atomic mass is 32.1. The molecule has 0 N–H and O–H groups in total. The fraction of sp³-hybridized carbons (Fsp3) is 0.154. The number of carbonyl (C=O) groups is 1. The minimum atomic E-state index is -0.0431. The molecule has 0 spiro atoms. The molecule has 1 aliphatic heterocycles. The van der Waals surface area contributed by atoms with E-state index in [0.29, 0.717) is 41.6 Å². The lowest BCUT2D eigenvalue weighted by Gasteiger charge is -2.20. The number of ketones is 1. The second-order valence-electron chi connectivity index (χ2n) is 7.50. The number of ether oxygens (including phenoxy) is 1. The van der Waals surface area contributed by atoms with Crippen LogP contribution in [0.5, 0.6) is 0 Å². The molecule has 6 heteroatoms. The van der Waals surface area contributed by atoms with E-state index in [2.05, 4.69) is 17.0 Å². The molecule has 0 amide bonds. The molecule has 2 aromatic heterocycles. The molecular formula is C26H22N2O3S. The van der Waals surface area contributed by atoms with Crippen molar-refractivity contribution >= 4 is 28.0 Å².